The number of carbonyl (C=O) groups excluding carboxylic acids is 2. The average molecular weight is 380 g/mol. The first-order chi connectivity index (χ1) is 13.1. The lowest BCUT2D eigenvalue weighted by Crippen LogP contribution is -2.27. The molecule has 4 rings (SSSR count). The summed E-state index contributed by atoms with van der Waals surface area (Å²) in [6.07, 6.45) is 0.206. The third kappa shape index (κ3) is 3.32. The van der Waals surface area contributed by atoms with E-state index in [1.807, 2.05) is 37.3 Å². The monoisotopic (exact) mass is 380 g/mol. The Morgan fingerprint density at radius 3 is 2.85 bits per heavy atom. The highest BCUT2D eigenvalue weighted by atomic mass is 32.1. The molecular formula is C21H20N2O3S. The summed E-state index contributed by atoms with van der Waals surface area (Å²) in [7, 11) is 0. The number of fused-ring (bicyclic) bond motifs is 1. The minimum absolute atomic E-state index is 0.0381. The lowest BCUT2D eigenvalue weighted by molar-refractivity contribution is -0.147. The molecule has 1 aliphatic rings. The smallest absolute Gasteiger partial charge is 0.311 e. The molecule has 1 aromatic heterocycles. The Morgan fingerprint density at radius 1 is 1.30 bits per heavy atom. The minimum Gasteiger partial charge on any atom is -0.466 e. The van der Waals surface area contributed by atoms with Crippen LogP contribution in [0.5, 0.6) is 0 Å². The number of carbonyl (C=O) groups is 2. The Bertz CT molecular complexity index is 994. The van der Waals surface area contributed by atoms with Gasteiger partial charge in [-0.3, -0.25) is 9.59 Å². The van der Waals surface area contributed by atoms with Crippen molar-refractivity contribution in [1.82, 2.24) is 4.98 Å². The standard InChI is InChI=1S/C21H20N2O3S/c1-3-26-21(25)15-11-19(24)23(12-15)17-9-8-14(10-13(17)2)20-22-16-6-4-5-7-18(16)27-20/h4-10,15H,3,11-12H2,1-2H3/t15-/m0/s1. The predicted octanol–water partition coefficient (Wildman–Crippen LogP) is 4.19. The number of hydrogen-bond acceptors (Lipinski definition) is 5. The first-order valence-corrected chi connectivity index (χ1v) is 9.82. The van der Waals surface area contributed by atoms with E-state index >= 15 is 0 Å². The van der Waals surface area contributed by atoms with Crippen LogP contribution >= 0.6 is 11.3 Å². The van der Waals surface area contributed by atoms with Crippen LogP contribution in [0.4, 0.5) is 5.69 Å². The van der Waals surface area contributed by atoms with Crippen LogP contribution in [0.15, 0.2) is 42.5 Å². The predicted molar refractivity (Wildman–Crippen MR) is 107 cm³/mol. The van der Waals surface area contributed by atoms with Gasteiger partial charge in [-0.15, -0.1) is 11.3 Å². The van der Waals surface area contributed by atoms with Crippen LogP contribution in [0.3, 0.4) is 0 Å². The molecule has 0 spiro atoms. The molecule has 2 aromatic carbocycles. The molecule has 0 aliphatic carbocycles. The first kappa shape index (κ1) is 17.7. The molecule has 3 aromatic rings. The van der Waals surface area contributed by atoms with Gasteiger partial charge in [0.2, 0.25) is 5.91 Å². The number of ether oxygens (including phenoxy) is 1. The minimum atomic E-state index is -0.388. The normalized spacial score (nSPS) is 16.9. The Labute approximate surface area is 161 Å². The molecule has 27 heavy (non-hydrogen) atoms. The highest BCUT2D eigenvalue weighted by Crippen LogP contribution is 2.34. The lowest BCUT2D eigenvalue weighted by atomic mass is 10.1. The Balaban J connectivity index is 1.60. The Hall–Kier alpha value is -2.73. The van der Waals surface area contributed by atoms with E-state index in [0.29, 0.717) is 13.2 Å². The lowest BCUT2D eigenvalue weighted by Gasteiger charge is -2.19. The van der Waals surface area contributed by atoms with Gasteiger partial charge in [0.05, 0.1) is 22.7 Å². The zero-order valence-corrected chi connectivity index (χ0v) is 16.1. The van der Waals surface area contributed by atoms with E-state index in [0.717, 1.165) is 32.0 Å². The van der Waals surface area contributed by atoms with Gasteiger partial charge < -0.3 is 9.64 Å². The maximum absolute atomic E-state index is 12.4. The first-order valence-electron chi connectivity index (χ1n) is 9.00. The fraction of sp³-hybridized carbons (Fsp3) is 0.286. The molecule has 0 bridgehead atoms. The third-order valence-corrected chi connectivity index (χ3v) is 5.86. The van der Waals surface area contributed by atoms with Crippen molar-refractivity contribution in [3.63, 3.8) is 0 Å². The molecule has 0 radical (unpaired) electrons. The molecule has 5 nitrogen and oxygen atoms in total. The molecule has 2 heterocycles. The van der Waals surface area contributed by atoms with Crippen molar-refractivity contribution >= 4 is 39.1 Å². The molecule has 0 saturated carbocycles. The van der Waals surface area contributed by atoms with E-state index in [1.165, 1.54) is 0 Å². The zero-order valence-electron chi connectivity index (χ0n) is 15.3. The van der Waals surface area contributed by atoms with Crippen LogP contribution in [0, 0.1) is 12.8 Å². The molecule has 0 unspecified atom stereocenters. The topological polar surface area (TPSA) is 59.5 Å². The molecule has 1 amide bonds. The average Bonchev–Trinajstić information content (AvgIpc) is 3.25. The summed E-state index contributed by atoms with van der Waals surface area (Å²) in [5, 5.41) is 0.961. The van der Waals surface area contributed by atoms with Crippen LogP contribution in [0.25, 0.3) is 20.8 Å². The molecule has 1 atom stereocenters. The number of nitrogens with zero attached hydrogens (tertiary/aromatic N) is 2. The van der Waals surface area contributed by atoms with Crippen LogP contribution in [-0.2, 0) is 14.3 Å². The van der Waals surface area contributed by atoms with Gasteiger partial charge >= 0.3 is 5.97 Å². The van der Waals surface area contributed by atoms with Gasteiger partial charge in [-0.05, 0) is 49.7 Å². The second-order valence-corrected chi connectivity index (χ2v) is 7.68. The summed E-state index contributed by atoms with van der Waals surface area (Å²) < 4.78 is 6.22. The second-order valence-electron chi connectivity index (χ2n) is 6.65. The fourth-order valence-electron chi connectivity index (χ4n) is 3.45. The van der Waals surface area contributed by atoms with E-state index < -0.39 is 0 Å². The number of esters is 1. The van der Waals surface area contributed by atoms with Gasteiger partial charge in [0.25, 0.3) is 0 Å². The van der Waals surface area contributed by atoms with E-state index in [-0.39, 0.29) is 24.2 Å². The summed E-state index contributed by atoms with van der Waals surface area (Å²) >= 11 is 1.65. The summed E-state index contributed by atoms with van der Waals surface area (Å²) in [5.74, 6) is -0.721. The summed E-state index contributed by atoms with van der Waals surface area (Å²) in [6, 6.07) is 14.1. The number of amides is 1. The van der Waals surface area contributed by atoms with Crippen LogP contribution in [-0.4, -0.2) is 30.0 Å². The SMILES string of the molecule is CCOC(=O)[C@H]1CC(=O)N(c2ccc(-c3nc4ccccc4s3)cc2C)C1. The van der Waals surface area contributed by atoms with Crippen molar-refractivity contribution in [2.24, 2.45) is 5.92 Å². The number of para-hydroxylation sites is 1. The van der Waals surface area contributed by atoms with Gasteiger partial charge in [0.1, 0.15) is 5.01 Å². The van der Waals surface area contributed by atoms with Gasteiger partial charge in [-0.1, -0.05) is 12.1 Å². The molecule has 1 aliphatic heterocycles. The van der Waals surface area contributed by atoms with Crippen molar-refractivity contribution < 1.29 is 14.3 Å². The van der Waals surface area contributed by atoms with Gasteiger partial charge in [0, 0.05) is 24.2 Å². The zero-order chi connectivity index (χ0) is 19.0. The Morgan fingerprint density at radius 2 is 2.11 bits per heavy atom. The summed E-state index contributed by atoms with van der Waals surface area (Å²) in [4.78, 5) is 30.8. The molecule has 1 saturated heterocycles. The molecule has 6 heteroatoms. The van der Waals surface area contributed by atoms with E-state index in [1.54, 1.807) is 23.2 Å². The fourth-order valence-corrected chi connectivity index (χ4v) is 4.41. The van der Waals surface area contributed by atoms with E-state index in [4.69, 9.17) is 9.72 Å². The van der Waals surface area contributed by atoms with Crippen molar-refractivity contribution in [2.45, 2.75) is 20.3 Å². The van der Waals surface area contributed by atoms with Crippen LogP contribution < -0.4 is 4.90 Å². The number of anilines is 1. The largest absolute Gasteiger partial charge is 0.466 e. The number of aryl methyl sites for hydroxylation is 1. The quantitative estimate of drug-likeness (QED) is 0.637. The highest BCUT2D eigenvalue weighted by Gasteiger charge is 2.36. The maximum atomic E-state index is 12.4. The Kier molecular flexibility index (Phi) is 4.66. The van der Waals surface area contributed by atoms with Gasteiger partial charge in [0.15, 0.2) is 0 Å². The van der Waals surface area contributed by atoms with Crippen LogP contribution in [0.1, 0.15) is 18.9 Å². The van der Waals surface area contributed by atoms with E-state index in [2.05, 4.69) is 12.1 Å². The highest BCUT2D eigenvalue weighted by molar-refractivity contribution is 7.21. The van der Waals surface area contributed by atoms with Crippen molar-refractivity contribution in [1.29, 1.82) is 0 Å². The number of hydrogen-bond donors (Lipinski definition) is 0. The summed E-state index contributed by atoms with van der Waals surface area (Å²) in [5.41, 5.74) is 3.86. The van der Waals surface area contributed by atoms with Crippen molar-refractivity contribution in [2.75, 3.05) is 18.1 Å². The number of aromatic nitrogens is 1. The number of thiazole rings is 1. The third-order valence-electron chi connectivity index (χ3n) is 4.77. The van der Waals surface area contributed by atoms with Gasteiger partial charge in [-0.25, -0.2) is 4.98 Å². The second kappa shape index (κ2) is 7.12. The number of rotatable bonds is 4. The molecule has 138 valence electrons. The van der Waals surface area contributed by atoms with Gasteiger partial charge in [-0.2, -0.15) is 0 Å². The maximum Gasteiger partial charge on any atom is 0.311 e. The van der Waals surface area contributed by atoms with Crippen LogP contribution in [0.2, 0.25) is 0 Å². The molecule has 1 fully saturated rings. The molecular weight excluding hydrogens is 360 g/mol. The molecule has 0 N–H and O–H groups in total. The summed E-state index contributed by atoms with van der Waals surface area (Å²) in [6.45, 7) is 4.47. The van der Waals surface area contributed by atoms with Crippen molar-refractivity contribution in [3.05, 3.63) is 48.0 Å². The number of benzene rings is 2. The van der Waals surface area contributed by atoms with E-state index in [9.17, 15) is 9.59 Å². The van der Waals surface area contributed by atoms with Crippen molar-refractivity contribution in [3.8, 4) is 10.6 Å².